The van der Waals surface area contributed by atoms with Crippen LogP contribution in [0.1, 0.15) is 35.1 Å². The minimum absolute atomic E-state index is 0.0614. The van der Waals surface area contributed by atoms with Gasteiger partial charge in [0, 0.05) is 30.2 Å². The van der Waals surface area contributed by atoms with E-state index in [0.717, 1.165) is 18.5 Å². The SMILES string of the molecule is CCN(CC(=O)O)C1CCN(C(=O)c2cccn2Cc2cccs2)CC1. The van der Waals surface area contributed by atoms with Gasteiger partial charge < -0.3 is 14.6 Å². The molecule has 1 saturated heterocycles. The van der Waals surface area contributed by atoms with Crippen LogP contribution < -0.4 is 0 Å². The van der Waals surface area contributed by atoms with Crippen molar-refractivity contribution in [3.63, 3.8) is 0 Å². The molecule has 1 aliphatic heterocycles. The summed E-state index contributed by atoms with van der Waals surface area (Å²) in [5.74, 6) is -0.733. The molecule has 3 rings (SSSR count). The van der Waals surface area contributed by atoms with Crippen LogP contribution in [-0.2, 0) is 11.3 Å². The minimum atomic E-state index is -0.795. The minimum Gasteiger partial charge on any atom is -0.480 e. The Kier molecular flexibility index (Phi) is 6.11. The highest BCUT2D eigenvalue weighted by Gasteiger charge is 2.28. The first-order valence-electron chi connectivity index (χ1n) is 9.01. The van der Waals surface area contributed by atoms with E-state index in [0.29, 0.717) is 26.2 Å². The fraction of sp³-hybridized carbons (Fsp3) is 0.474. The molecule has 0 spiro atoms. The van der Waals surface area contributed by atoms with Crippen LogP contribution in [0.2, 0.25) is 0 Å². The first-order chi connectivity index (χ1) is 12.6. The van der Waals surface area contributed by atoms with Crippen molar-refractivity contribution in [2.24, 2.45) is 0 Å². The van der Waals surface area contributed by atoms with Crippen LogP contribution in [0.15, 0.2) is 35.8 Å². The lowest BCUT2D eigenvalue weighted by Gasteiger charge is -2.37. The second-order valence-corrected chi connectivity index (χ2v) is 7.61. The Bertz CT molecular complexity index is 733. The van der Waals surface area contributed by atoms with Crippen molar-refractivity contribution in [2.45, 2.75) is 32.4 Å². The number of hydrogen-bond donors (Lipinski definition) is 1. The Morgan fingerprint density at radius 1 is 1.27 bits per heavy atom. The molecular weight excluding hydrogens is 350 g/mol. The third-order valence-corrected chi connectivity index (χ3v) is 5.83. The lowest BCUT2D eigenvalue weighted by atomic mass is 10.0. The number of aromatic nitrogens is 1. The van der Waals surface area contributed by atoms with Gasteiger partial charge in [-0.3, -0.25) is 14.5 Å². The van der Waals surface area contributed by atoms with E-state index in [1.165, 1.54) is 4.88 Å². The van der Waals surface area contributed by atoms with E-state index in [9.17, 15) is 9.59 Å². The third-order valence-electron chi connectivity index (χ3n) is 4.97. The monoisotopic (exact) mass is 375 g/mol. The van der Waals surface area contributed by atoms with E-state index in [1.54, 1.807) is 11.3 Å². The smallest absolute Gasteiger partial charge is 0.317 e. The quantitative estimate of drug-likeness (QED) is 0.808. The Morgan fingerprint density at radius 3 is 2.65 bits per heavy atom. The maximum atomic E-state index is 12.9. The van der Waals surface area contributed by atoms with Gasteiger partial charge in [-0.25, -0.2) is 0 Å². The number of piperidine rings is 1. The maximum Gasteiger partial charge on any atom is 0.317 e. The highest BCUT2D eigenvalue weighted by atomic mass is 32.1. The number of likely N-dealkylation sites (N-methyl/N-ethyl adjacent to an activating group) is 1. The normalized spacial score (nSPS) is 15.5. The number of carboxylic acid groups (broad SMARTS) is 1. The number of aliphatic carboxylic acids is 1. The molecule has 1 N–H and O–H groups in total. The van der Waals surface area contributed by atoms with Gasteiger partial charge in [-0.2, -0.15) is 0 Å². The summed E-state index contributed by atoms with van der Waals surface area (Å²) in [6, 6.07) is 8.13. The predicted octanol–water partition coefficient (Wildman–Crippen LogP) is 2.61. The van der Waals surface area contributed by atoms with Gasteiger partial charge >= 0.3 is 5.97 Å². The Balaban J connectivity index is 1.60. The van der Waals surface area contributed by atoms with Crippen LogP contribution in [0.3, 0.4) is 0 Å². The van der Waals surface area contributed by atoms with Crippen molar-refractivity contribution in [1.29, 1.82) is 0 Å². The van der Waals surface area contributed by atoms with Gasteiger partial charge in [0.2, 0.25) is 0 Å². The molecule has 0 aromatic carbocycles. The van der Waals surface area contributed by atoms with Crippen LogP contribution in [0.4, 0.5) is 0 Å². The Morgan fingerprint density at radius 2 is 2.04 bits per heavy atom. The summed E-state index contributed by atoms with van der Waals surface area (Å²) in [5, 5.41) is 11.1. The standard InChI is InChI=1S/C19H25N3O3S/c1-2-20(14-18(23)24)15-7-10-21(11-8-15)19(25)17-6-3-9-22(17)13-16-5-4-12-26-16/h3-6,9,12,15H,2,7-8,10-11,13-14H2,1H3,(H,23,24). The number of thiophene rings is 1. The largest absolute Gasteiger partial charge is 0.480 e. The molecule has 1 fully saturated rings. The molecule has 1 aliphatic rings. The zero-order valence-corrected chi connectivity index (χ0v) is 15.8. The summed E-state index contributed by atoms with van der Waals surface area (Å²) in [6.45, 7) is 4.82. The fourth-order valence-electron chi connectivity index (χ4n) is 3.59. The number of carboxylic acids is 1. The summed E-state index contributed by atoms with van der Waals surface area (Å²) >= 11 is 1.69. The van der Waals surface area contributed by atoms with Crippen molar-refractivity contribution in [3.8, 4) is 0 Å². The van der Waals surface area contributed by atoms with E-state index in [1.807, 2.05) is 51.1 Å². The molecular formula is C19H25N3O3S. The second kappa shape index (κ2) is 8.51. The molecule has 0 radical (unpaired) electrons. The summed E-state index contributed by atoms with van der Waals surface area (Å²) in [4.78, 5) is 29.0. The average molecular weight is 375 g/mol. The number of nitrogens with zero attached hydrogens (tertiary/aromatic N) is 3. The molecule has 26 heavy (non-hydrogen) atoms. The second-order valence-electron chi connectivity index (χ2n) is 6.58. The molecule has 1 amide bonds. The number of carbonyl (C=O) groups is 2. The number of amides is 1. The van der Waals surface area contributed by atoms with Crippen LogP contribution >= 0.6 is 11.3 Å². The van der Waals surface area contributed by atoms with Gasteiger partial charge in [0.05, 0.1) is 13.1 Å². The van der Waals surface area contributed by atoms with Gasteiger partial charge in [0.25, 0.3) is 5.91 Å². The summed E-state index contributed by atoms with van der Waals surface area (Å²) < 4.78 is 2.00. The topological polar surface area (TPSA) is 65.8 Å². The molecule has 0 bridgehead atoms. The number of hydrogen-bond acceptors (Lipinski definition) is 4. The van der Waals surface area contributed by atoms with Crippen LogP contribution in [0.5, 0.6) is 0 Å². The summed E-state index contributed by atoms with van der Waals surface area (Å²) in [7, 11) is 0. The molecule has 0 saturated carbocycles. The van der Waals surface area contributed by atoms with E-state index < -0.39 is 5.97 Å². The molecule has 0 aliphatic carbocycles. The Labute approximate surface area is 157 Å². The lowest BCUT2D eigenvalue weighted by molar-refractivity contribution is -0.139. The van der Waals surface area contributed by atoms with Gasteiger partial charge in [0.1, 0.15) is 5.69 Å². The van der Waals surface area contributed by atoms with Crippen LogP contribution in [0.25, 0.3) is 0 Å². The third kappa shape index (κ3) is 4.34. The van der Waals surface area contributed by atoms with Crippen molar-refractivity contribution < 1.29 is 14.7 Å². The number of rotatable bonds is 7. The van der Waals surface area contributed by atoms with Crippen molar-refractivity contribution in [3.05, 3.63) is 46.4 Å². The van der Waals surface area contributed by atoms with Crippen LogP contribution in [0, 0.1) is 0 Å². The highest BCUT2D eigenvalue weighted by molar-refractivity contribution is 7.09. The van der Waals surface area contributed by atoms with Crippen molar-refractivity contribution >= 4 is 23.2 Å². The molecule has 6 nitrogen and oxygen atoms in total. The van der Waals surface area contributed by atoms with E-state index in [2.05, 4.69) is 6.07 Å². The first kappa shape index (κ1) is 18.7. The molecule has 0 unspecified atom stereocenters. The zero-order chi connectivity index (χ0) is 18.5. The first-order valence-corrected chi connectivity index (χ1v) is 9.89. The van der Waals surface area contributed by atoms with Gasteiger partial charge in [-0.05, 0) is 43.0 Å². The summed E-state index contributed by atoms with van der Waals surface area (Å²) in [6.07, 6.45) is 3.59. The molecule has 3 heterocycles. The van der Waals surface area contributed by atoms with E-state index >= 15 is 0 Å². The molecule has 2 aromatic heterocycles. The number of likely N-dealkylation sites (tertiary alicyclic amines) is 1. The van der Waals surface area contributed by atoms with Gasteiger partial charge in [-0.1, -0.05) is 13.0 Å². The van der Waals surface area contributed by atoms with E-state index in [-0.39, 0.29) is 18.5 Å². The molecule has 140 valence electrons. The van der Waals surface area contributed by atoms with Crippen LogP contribution in [-0.4, -0.2) is 63.6 Å². The number of carbonyl (C=O) groups excluding carboxylic acids is 1. The Hall–Kier alpha value is -2.12. The predicted molar refractivity (Wildman–Crippen MR) is 102 cm³/mol. The highest BCUT2D eigenvalue weighted by Crippen LogP contribution is 2.20. The van der Waals surface area contributed by atoms with Gasteiger partial charge in [0.15, 0.2) is 0 Å². The zero-order valence-electron chi connectivity index (χ0n) is 15.0. The fourth-order valence-corrected chi connectivity index (χ4v) is 4.29. The molecule has 2 aromatic rings. The molecule has 0 atom stereocenters. The average Bonchev–Trinajstić information content (AvgIpc) is 3.31. The molecule has 7 heteroatoms. The summed E-state index contributed by atoms with van der Waals surface area (Å²) in [5.41, 5.74) is 0.717. The van der Waals surface area contributed by atoms with Crippen molar-refractivity contribution in [1.82, 2.24) is 14.4 Å². The maximum absolute atomic E-state index is 12.9. The van der Waals surface area contributed by atoms with Crippen molar-refractivity contribution in [2.75, 3.05) is 26.2 Å². The van der Waals surface area contributed by atoms with E-state index in [4.69, 9.17) is 5.11 Å². The lowest BCUT2D eigenvalue weighted by Crippen LogP contribution is -2.48. The van der Waals surface area contributed by atoms with Gasteiger partial charge in [-0.15, -0.1) is 11.3 Å².